The SMILES string of the molecule is NC(CC1CCCCO1)C1=CCCCO1. The van der Waals surface area contributed by atoms with Gasteiger partial charge in [-0.15, -0.1) is 0 Å². The molecule has 2 rings (SSSR count). The molecule has 2 N–H and O–H groups in total. The van der Waals surface area contributed by atoms with E-state index in [9.17, 15) is 0 Å². The van der Waals surface area contributed by atoms with Crippen molar-refractivity contribution in [1.82, 2.24) is 0 Å². The van der Waals surface area contributed by atoms with Crippen LogP contribution in [-0.2, 0) is 9.47 Å². The Hall–Kier alpha value is -0.540. The molecule has 1 fully saturated rings. The number of hydrogen-bond acceptors (Lipinski definition) is 3. The highest BCUT2D eigenvalue weighted by molar-refractivity contribution is 5.04. The van der Waals surface area contributed by atoms with Crippen molar-refractivity contribution in [3.05, 3.63) is 11.8 Å². The molecule has 0 spiro atoms. The van der Waals surface area contributed by atoms with Gasteiger partial charge in [-0.2, -0.15) is 0 Å². The molecule has 2 aliphatic rings. The van der Waals surface area contributed by atoms with Crippen molar-refractivity contribution in [1.29, 1.82) is 0 Å². The quantitative estimate of drug-likeness (QED) is 0.776. The molecule has 2 heterocycles. The Morgan fingerprint density at radius 1 is 1.33 bits per heavy atom. The first-order valence-corrected chi connectivity index (χ1v) is 6.06. The number of rotatable bonds is 3. The minimum Gasteiger partial charge on any atom is -0.497 e. The first-order valence-electron chi connectivity index (χ1n) is 6.06. The molecule has 1 saturated heterocycles. The Morgan fingerprint density at radius 3 is 2.93 bits per heavy atom. The largest absolute Gasteiger partial charge is 0.497 e. The fourth-order valence-electron chi connectivity index (χ4n) is 2.23. The average Bonchev–Trinajstić information content (AvgIpc) is 2.31. The summed E-state index contributed by atoms with van der Waals surface area (Å²) in [5.41, 5.74) is 6.11. The Labute approximate surface area is 91.6 Å². The van der Waals surface area contributed by atoms with Crippen molar-refractivity contribution in [2.75, 3.05) is 13.2 Å². The topological polar surface area (TPSA) is 44.5 Å². The van der Waals surface area contributed by atoms with Crippen LogP contribution in [0.3, 0.4) is 0 Å². The van der Waals surface area contributed by atoms with Crippen LogP contribution in [-0.4, -0.2) is 25.4 Å². The maximum atomic E-state index is 6.11. The molecule has 0 aromatic carbocycles. The van der Waals surface area contributed by atoms with Crippen LogP contribution < -0.4 is 5.73 Å². The molecule has 0 radical (unpaired) electrons. The molecule has 0 bridgehead atoms. The minimum atomic E-state index is 0.0356. The van der Waals surface area contributed by atoms with Gasteiger partial charge in [-0.1, -0.05) is 0 Å². The van der Waals surface area contributed by atoms with Crippen LogP contribution in [0.4, 0.5) is 0 Å². The average molecular weight is 211 g/mol. The fourth-order valence-corrected chi connectivity index (χ4v) is 2.23. The minimum absolute atomic E-state index is 0.0356. The highest BCUT2D eigenvalue weighted by Gasteiger charge is 2.21. The maximum absolute atomic E-state index is 6.11. The lowest BCUT2D eigenvalue weighted by Crippen LogP contribution is -2.33. The van der Waals surface area contributed by atoms with Crippen molar-refractivity contribution in [3.63, 3.8) is 0 Å². The molecule has 86 valence electrons. The summed E-state index contributed by atoms with van der Waals surface area (Å²) < 4.78 is 11.2. The van der Waals surface area contributed by atoms with Crippen LogP contribution >= 0.6 is 0 Å². The lowest BCUT2D eigenvalue weighted by Gasteiger charge is -2.27. The third kappa shape index (κ3) is 3.21. The van der Waals surface area contributed by atoms with E-state index in [0.29, 0.717) is 6.10 Å². The molecule has 15 heavy (non-hydrogen) atoms. The van der Waals surface area contributed by atoms with Gasteiger partial charge in [-0.25, -0.2) is 0 Å². The van der Waals surface area contributed by atoms with Gasteiger partial charge in [0.25, 0.3) is 0 Å². The summed E-state index contributed by atoms with van der Waals surface area (Å²) in [6.45, 7) is 1.72. The van der Waals surface area contributed by atoms with E-state index in [1.54, 1.807) is 0 Å². The number of hydrogen-bond donors (Lipinski definition) is 1. The third-order valence-corrected chi connectivity index (χ3v) is 3.12. The van der Waals surface area contributed by atoms with E-state index in [4.69, 9.17) is 15.2 Å². The molecule has 3 heteroatoms. The highest BCUT2D eigenvalue weighted by atomic mass is 16.5. The lowest BCUT2D eigenvalue weighted by atomic mass is 10.00. The Bertz CT molecular complexity index is 222. The van der Waals surface area contributed by atoms with Gasteiger partial charge in [0.15, 0.2) is 0 Å². The van der Waals surface area contributed by atoms with Crippen molar-refractivity contribution in [2.24, 2.45) is 5.73 Å². The zero-order chi connectivity index (χ0) is 10.5. The monoisotopic (exact) mass is 211 g/mol. The Balaban J connectivity index is 1.79. The highest BCUT2D eigenvalue weighted by Crippen LogP contribution is 2.21. The van der Waals surface area contributed by atoms with E-state index in [2.05, 4.69) is 6.08 Å². The summed E-state index contributed by atoms with van der Waals surface area (Å²) in [5.74, 6) is 0.982. The first kappa shape index (κ1) is 11.0. The molecule has 0 aromatic heterocycles. The van der Waals surface area contributed by atoms with E-state index in [-0.39, 0.29) is 6.04 Å². The fraction of sp³-hybridized carbons (Fsp3) is 0.833. The first-order chi connectivity index (χ1) is 7.36. The molecule has 0 aromatic rings. The van der Waals surface area contributed by atoms with Crippen molar-refractivity contribution in [2.45, 2.75) is 50.7 Å². The van der Waals surface area contributed by atoms with Gasteiger partial charge < -0.3 is 15.2 Å². The van der Waals surface area contributed by atoms with Crippen LogP contribution in [0.2, 0.25) is 0 Å². The van der Waals surface area contributed by atoms with Gasteiger partial charge in [0.1, 0.15) is 5.76 Å². The summed E-state index contributed by atoms with van der Waals surface area (Å²) >= 11 is 0. The molecule has 0 amide bonds. The van der Waals surface area contributed by atoms with Gasteiger partial charge >= 0.3 is 0 Å². The van der Waals surface area contributed by atoms with Gasteiger partial charge in [0.05, 0.1) is 18.8 Å². The summed E-state index contributed by atoms with van der Waals surface area (Å²) in [4.78, 5) is 0. The number of ether oxygens (including phenoxy) is 2. The Morgan fingerprint density at radius 2 is 2.27 bits per heavy atom. The van der Waals surface area contributed by atoms with Crippen molar-refractivity contribution >= 4 is 0 Å². The molecular formula is C12H21NO2. The van der Waals surface area contributed by atoms with Gasteiger partial charge in [-0.3, -0.25) is 0 Å². The molecule has 0 saturated carbocycles. The predicted octanol–water partition coefficient (Wildman–Crippen LogP) is 1.97. The smallest absolute Gasteiger partial charge is 0.109 e. The summed E-state index contributed by atoms with van der Waals surface area (Å²) in [7, 11) is 0. The third-order valence-electron chi connectivity index (χ3n) is 3.12. The lowest BCUT2D eigenvalue weighted by molar-refractivity contribution is 0.00548. The summed E-state index contributed by atoms with van der Waals surface area (Å²) in [5, 5.41) is 0. The second-order valence-corrected chi connectivity index (χ2v) is 4.43. The second-order valence-electron chi connectivity index (χ2n) is 4.43. The van der Waals surface area contributed by atoms with E-state index >= 15 is 0 Å². The van der Waals surface area contributed by atoms with Crippen molar-refractivity contribution < 1.29 is 9.47 Å². The Kier molecular flexibility index (Phi) is 4.03. The van der Waals surface area contributed by atoms with Crippen LogP contribution in [0.5, 0.6) is 0 Å². The number of nitrogens with two attached hydrogens (primary N) is 1. The summed E-state index contributed by atoms with van der Waals surface area (Å²) in [6, 6.07) is 0.0356. The molecule has 0 aliphatic carbocycles. The standard InChI is InChI=1S/C12H21NO2/c13-11(12-6-2-4-8-15-12)9-10-5-1-3-7-14-10/h6,10-11H,1-5,7-9,13H2. The molecule has 2 atom stereocenters. The molecule has 3 nitrogen and oxygen atoms in total. The normalized spacial score (nSPS) is 29.1. The zero-order valence-electron chi connectivity index (χ0n) is 9.28. The zero-order valence-corrected chi connectivity index (χ0v) is 9.28. The van der Waals surface area contributed by atoms with Crippen LogP contribution in [0.15, 0.2) is 11.8 Å². The number of allylic oxidation sites excluding steroid dienone is 1. The van der Waals surface area contributed by atoms with E-state index in [1.165, 1.54) is 12.8 Å². The second kappa shape index (κ2) is 5.52. The van der Waals surface area contributed by atoms with Crippen LogP contribution in [0.1, 0.15) is 38.5 Å². The predicted molar refractivity (Wildman–Crippen MR) is 59.5 cm³/mol. The summed E-state index contributed by atoms with van der Waals surface area (Å²) in [6.07, 6.45) is 9.25. The van der Waals surface area contributed by atoms with Crippen LogP contribution in [0, 0.1) is 0 Å². The molecular weight excluding hydrogens is 190 g/mol. The maximum Gasteiger partial charge on any atom is 0.109 e. The van der Waals surface area contributed by atoms with E-state index in [1.807, 2.05) is 0 Å². The van der Waals surface area contributed by atoms with E-state index in [0.717, 1.165) is 44.7 Å². The van der Waals surface area contributed by atoms with Gasteiger partial charge in [-0.05, 0) is 44.6 Å². The van der Waals surface area contributed by atoms with Crippen LogP contribution in [0.25, 0.3) is 0 Å². The van der Waals surface area contributed by atoms with Gasteiger partial charge in [0.2, 0.25) is 0 Å². The van der Waals surface area contributed by atoms with Crippen molar-refractivity contribution in [3.8, 4) is 0 Å². The van der Waals surface area contributed by atoms with Gasteiger partial charge in [0, 0.05) is 6.61 Å². The molecule has 2 aliphatic heterocycles. The van der Waals surface area contributed by atoms with E-state index < -0.39 is 0 Å². The molecule has 2 unspecified atom stereocenters.